The number of rotatable bonds is 4. The molecule has 0 atom stereocenters. The number of ether oxygens (including phenoxy) is 3. The molecule has 1 aliphatic rings. The minimum absolute atomic E-state index is 0.00118. The molecule has 1 aliphatic heterocycles. The van der Waals surface area contributed by atoms with Crippen LogP contribution in [0.25, 0.3) is 0 Å². The Morgan fingerprint density at radius 3 is 2.67 bits per heavy atom. The Labute approximate surface area is 86.6 Å². The Balaban J connectivity index is 2.07. The standard InChI is InChI=1S/C8H12N4O3/c1-2-14-7-10-6(9)11-8(12-7)15-5-3-13-4-5/h5H,2-4H2,1H3,(H2,9,10,11,12). The van der Waals surface area contributed by atoms with Gasteiger partial charge in [0, 0.05) is 0 Å². The van der Waals surface area contributed by atoms with E-state index < -0.39 is 0 Å². The first-order chi connectivity index (χ1) is 7.28. The molecular formula is C8H12N4O3. The van der Waals surface area contributed by atoms with Gasteiger partial charge in [-0.3, -0.25) is 0 Å². The van der Waals surface area contributed by atoms with Crippen LogP contribution >= 0.6 is 0 Å². The molecule has 2 N–H and O–H groups in total. The number of nitrogen functional groups attached to an aromatic ring is 1. The summed E-state index contributed by atoms with van der Waals surface area (Å²) in [5, 5.41) is 0. The van der Waals surface area contributed by atoms with Gasteiger partial charge in [-0.1, -0.05) is 0 Å². The fourth-order valence-corrected chi connectivity index (χ4v) is 1.03. The number of hydrogen-bond donors (Lipinski definition) is 1. The zero-order valence-corrected chi connectivity index (χ0v) is 8.34. The van der Waals surface area contributed by atoms with Gasteiger partial charge in [-0.25, -0.2) is 0 Å². The molecule has 0 bridgehead atoms. The molecule has 7 nitrogen and oxygen atoms in total. The van der Waals surface area contributed by atoms with Crippen molar-refractivity contribution < 1.29 is 14.2 Å². The monoisotopic (exact) mass is 212 g/mol. The molecule has 0 unspecified atom stereocenters. The van der Waals surface area contributed by atoms with E-state index in [0.717, 1.165) is 0 Å². The Kier molecular flexibility index (Phi) is 2.82. The van der Waals surface area contributed by atoms with Gasteiger partial charge in [0.25, 0.3) is 0 Å². The van der Waals surface area contributed by atoms with Crippen LogP contribution in [0.2, 0.25) is 0 Å². The minimum Gasteiger partial charge on any atom is -0.464 e. The van der Waals surface area contributed by atoms with E-state index in [0.29, 0.717) is 19.8 Å². The summed E-state index contributed by atoms with van der Waals surface area (Å²) in [6.07, 6.45) is 0.00118. The van der Waals surface area contributed by atoms with Gasteiger partial charge in [-0.05, 0) is 6.92 Å². The van der Waals surface area contributed by atoms with E-state index in [4.69, 9.17) is 19.9 Å². The molecule has 1 aromatic rings. The summed E-state index contributed by atoms with van der Waals surface area (Å²) in [5.41, 5.74) is 5.47. The molecule has 2 rings (SSSR count). The maximum atomic E-state index is 5.47. The molecule has 2 heterocycles. The van der Waals surface area contributed by atoms with Crippen molar-refractivity contribution in [2.75, 3.05) is 25.6 Å². The van der Waals surface area contributed by atoms with Crippen LogP contribution in [0.5, 0.6) is 12.0 Å². The highest BCUT2D eigenvalue weighted by Gasteiger charge is 2.22. The Hall–Kier alpha value is -1.63. The largest absolute Gasteiger partial charge is 0.464 e. The van der Waals surface area contributed by atoms with Gasteiger partial charge in [0.15, 0.2) is 0 Å². The molecule has 7 heteroatoms. The fourth-order valence-electron chi connectivity index (χ4n) is 1.03. The Morgan fingerprint density at radius 2 is 2.07 bits per heavy atom. The first-order valence-corrected chi connectivity index (χ1v) is 4.66. The third-order valence-electron chi connectivity index (χ3n) is 1.76. The molecular weight excluding hydrogens is 200 g/mol. The third-order valence-corrected chi connectivity index (χ3v) is 1.76. The summed E-state index contributed by atoms with van der Waals surface area (Å²) in [6.45, 7) is 3.40. The first kappa shape index (κ1) is 9.91. The van der Waals surface area contributed by atoms with E-state index in [1.165, 1.54) is 0 Å². The van der Waals surface area contributed by atoms with Gasteiger partial charge in [0.2, 0.25) is 5.95 Å². The van der Waals surface area contributed by atoms with Gasteiger partial charge in [-0.15, -0.1) is 4.98 Å². The highest BCUT2D eigenvalue weighted by Crippen LogP contribution is 2.14. The second-order valence-corrected chi connectivity index (χ2v) is 2.97. The Morgan fingerprint density at radius 1 is 1.33 bits per heavy atom. The molecule has 0 radical (unpaired) electrons. The molecule has 0 saturated carbocycles. The lowest BCUT2D eigenvalue weighted by atomic mass is 10.3. The van der Waals surface area contributed by atoms with E-state index in [-0.39, 0.29) is 24.1 Å². The van der Waals surface area contributed by atoms with Crippen molar-refractivity contribution in [1.29, 1.82) is 0 Å². The summed E-state index contributed by atoms with van der Waals surface area (Å²) in [6, 6.07) is 0.361. The second-order valence-electron chi connectivity index (χ2n) is 2.97. The molecule has 15 heavy (non-hydrogen) atoms. The van der Waals surface area contributed by atoms with E-state index >= 15 is 0 Å². The summed E-state index contributed by atoms with van der Waals surface area (Å²) in [5.74, 6) is 0.0868. The van der Waals surface area contributed by atoms with Crippen LogP contribution < -0.4 is 15.2 Å². The van der Waals surface area contributed by atoms with Crippen LogP contribution in [-0.4, -0.2) is 40.9 Å². The zero-order valence-electron chi connectivity index (χ0n) is 8.34. The Bertz CT molecular complexity index is 343. The van der Waals surface area contributed by atoms with Crippen molar-refractivity contribution in [2.24, 2.45) is 0 Å². The van der Waals surface area contributed by atoms with Gasteiger partial charge in [0.1, 0.15) is 6.10 Å². The van der Waals surface area contributed by atoms with Crippen LogP contribution in [-0.2, 0) is 4.74 Å². The quantitative estimate of drug-likeness (QED) is 0.727. The lowest BCUT2D eigenvalue weighted by molar-refractivity contribution is -0.0833. The lowest BCUT2D eigenvalue weighted by Gasteiger charge is -2.25. The van der Waals surface area contributed by atoms with E-state index in [2.05, 4.69) is 15.0 Å². The number of aromatic nitrogens is 3. The van der Waals surface area contributed by atoms with Gasteiger partial charge in [0.05, 0.1) is 19.8 Å². The molecule has 0 spiro atoms. The van der Waals surface area contributed by atoms with Crippen LogP contribution in [0.1, 0.15) is 6.92 Å². The third kappa shape index (κ3) is 2.44. The normalized spacial score (nSPS) is 15.8. The number of hydrogen-bond acceptors (Lipinski definition) is 7. The van der Waals surface area contributed by atoms with E-state index in [1.807, 2.05) is 6.92 Å². The number of anilines is 1. The SMILES string of the molecule is CCOc1nc(N)nc(OC2COC2)n1. The van der Waals surface area contributed by atoms with Crippen molar-refractivity contribution in [3.8, 4) is 12.0 Å². The summed E-state index contributed by atoms with van der Waals surface area (Å²) < 4.78 is 15.4. The maximum absolute atomic E-state index is 5.47. The van der Waals surface area contributed by atoms with Crippen molar-refractivity contribution in [3.63, 3.8) is 0 Å². The topological polar surface area (TPSA) is 92.4 Å². The smallest absolute Gasteiger partial charge is 0.324 e. The molecule has 1 aromatic heterocycles. The average molecular weight is 212 g/mol. The van der Waals surface area contributed by atoms with Crippen LogP contribution in [0.3, 0.4) is 0 Å². The highest BCUT2D eigenvalue weighted by molar-refractivity contribution is 5.20. The van der Waals surface area contributed by atoms with Crippen molar-refractivity contribution >= 4 is 5.95 Å². The molecule has 1 saturated heterocycles. The van der Waals surface area contributed by atoms with Gasteiger partial charge < -0.3 is 19.9 Å². The fraction of sp³-hybridized carbons (Fsp3) is 0.625. The zero-order chi connectivity index (χ0) is 10.7. The predicted molar refractivity (Wildman–Crippen MR) is 50.6 cm³/mol. The summed E-state index contributed by atoms with van der Waals surface area (Å²) in [7, 11) is 0. The summed E-state index contributed by atoms with van der Waals surface area (Å²) in [4.78, 5) is 11.6. The second kappa shape index (κ2) is 4.26. The molecule has 0 aromatic carbocycles. The average Bonchev–Trinajstić information content (AvgIpc) is 2.11. The van der Waals surface area contributed by atoms with Crippen molar-refractivity contribution in [1.82, 2.24) is 15.0 Å². The summed E-state index contributed by atoms with van der Waals surface area (Å²) >= 11 is 0. The highest BCUT2D eigenvalue weighted by atomic mass is 16.6. The molecule has 0 aliphatic carbocycles. The molecule has 82 valence electrons. The first-order valence-electron chi connectivity index (χ1n) is 4.66. The van der Waals surface area contributed by atoms with Crippen LogP contribution in [0.4, 0.5) is 5.95 Å². The van der Waals surface area contributed by atoms with Crippen LogP contribution in [0, 0.1) is 0 Å². The minimum atomic E-state index is 0.00118. The lowest BCUT2D eigenvalue weighted by Crippen LogP contribution is -2.39. The van der Waals surface area contributed by atoms with Gasteiger partial charge >= 0.3 is 12.0 Å². The van der Waals surface area contributed by atoms with Crippen LogP contribution in [0.15, 0.2) is 0 Å². The number of nitrogens with zero attached hydrogens (tertiary/aromatic N) is 3. The van der Waals surface area contributed by atoms with E-state index in [1.54, 1.807) is 0 Å². The van der Waals surface area contributed by atoms with Crippen molar-refractivity contribution in [3.05, 3.63) is 0 Å². The van der Waals surface area contributed by atoms with Gasteiger partial charge in [-0.2, -0.15) is 9.97 Å². The number of nitrogens with two attached hydrogens (primary N) is 1. The van der Waals surface area contributed by atoms with Crippen molar-refractivity contribution in [2.45, 2.75) is 13.0 Å². The predicted octanol–water partition coefficient (Wildman–Crippen LogP) is -0.370. The molecule has 0 amide bonds. The maximum Gasteiger partial charge on any atom is 0.324 e. The van der Waals surface area contributed by atoms with E-state index in [9.17, 15) is 0 Å². The molecule has 1 fully saturated rings.